The fraction of sp³-hybridized carbons (Fsp3) is 0.154. The number of ether oxygens (including phenoxy) is 1. The molecule has 0 aliphatic heterocycles. The number of nitrogens with one attached hydrogen (secondary N) is 1. The van der Waals surface area contributed by atoms with Gasteiger partial charge in [-0.05, 0) is 31.2 Å². The Kier molecular flexibility index (Phi) is 4.01. The summed E-state index contributed by atoms with van der Waals surface area (Å²) < 4.78 is 32.9. The predicted molar refractivity (Wildman–Crippen MR) is 75.8 cm³/mol. The van der Waals surface area contributed by atoms with Crippen molar-refractivity contribution in [1.82, 2.24) is 0 Å². The number of methoxy groups -OCH3 is 1. The molecule has 1 aromatic heterocycles. The van der Waals surface area contributed by atoms with Gasteiger partial charge in [0.2, 0.25) is 10.0 Å². The lowest BCUT2D eigenvalue weighted by Crippen LogP contribution is -2.15. The molecule has 0 atom stereocenters. The third-order valence-corrected chi connectivity index (χ3v) is 3.76. The first-order valence-electron chi connectivity index (χ1n) is 5.89. The molecule has 1 heterocycles. The first-order chi connectivity index (χ1) is 9.82. The Morgan fingerprint density at radius 2 is 2.05 bits per heavy atom. The number of amides is 1. The van der Waals surface area contributed by atoms with Crippen molar-refractivity contribution in [2.45, 2.75) is 11.8 Å². The molecule has 1 amide bonds. The van der Waals surface area contributed by atoms with E-state index in [4.69, 9.17) is 14.3 Å². The first kappa shape index (κ1) is 15.1. The summed E-state index contributed by atoms with van der Waals surface area (Å²) in [6, 6.07) is 5.46. The van der Waals surface area contributed by atoms with E-state index in [2.05, 4.69) is 5.32 Å². The lowest BCUT2D eigenvalue weighted by Gasteiger charge is -2.11. The third-order valence-electron chi connectivity index (χ3n) is 2.85. The highest BCUT2D eigenvalue weighted by Gasteiger charge is 2.16. The molecule has 0 saturated carbocycles. The molecule has 21 heavy (non-hydrogen) atoms. The maximum atomic E-state index is 12.1. The van der Waals surface area contributed by atoms with Gasteiger partial charge in [-0.25, -0.2) is 13.6 Å². The van der Waals surface area contributed by atoms with Crippen molar-refractivity contribution < 1.29 is 22.4 Å². The monoisotopic (exact) mass is 310 g/mol. The van der Waals surface area contributed by atoms with Gasteiger partial charge in [0.05, 0.1) is 29.5 Å². The molecule has 0 aliphatic carbocycles. The number of benzene rings is 1. The summed E-state index contributed by atoms with van der Waals surface area (Å²) in [6.07, 6.45) is 1.39. The quantitative estimate of drug-likeness (QED) is 0.888. The maximum Gasteiger partial charge on any atom is 0.259 e. The van der Waals surface area contributed by atoms with Crippen LogP contribution >= 0.6 is 0 Å². The van der Waals surface area contributed by atoms with Crippen LogP contribution in [0.3, 0.4) is 0 Å². The van der Waals surface area contributed by atoms with Gasteiger partial charge in [-0.3, -0.25) is 4.79 Å². The molecule has 0 saturated heterocycles. The largest absolute Gasteiger partial charge is 0.495 e. The van der Waals surface area contributed by atoms with Gasteiger partial charge in [0.25, 0.3) is 5.91 Å². The Balaban J connectivity index is 2.38. The minimum Gasteiger partial charge on any atom is -0.495 e. The Bertz CT molecular complexity index is 780. The zero-order chi connectivity index (χ0) is 15.6. The molecule has 0 spiro atoms. The summed E-state index contributed by atoms with van der Waals surface area (Å²) in [5.74, 6) is 0.331. The molecule has 0 bridgehead atoms. The van der Waals surface area contributed by atoms with Crippen LogP contribution in [0.1, 0.15) is 16.1 Å². The van der Waals surface area contributed by atoms with Crippen LogP contribution < -0.4 is 15.2 Å². The van der Waals surface area contributed by atoms with Crippen molar-refractivity contribution in [3.05, 3.63) is 41.9 Å². The average molecular weight is 310 g/mol. The smallest absolute Gasteiger partial charge is 0.259 e. The molecule has 8 heteroatoms. The van der Waals surface area contributed by atoms with Crippen LogP contribution in [-0.4, -0.2) is 21.4 Å². The van der Waals surface area contributed by atoms with Gasteiger partial charge in [-0.2, -0.15) is 0 Å². The number of anilines is 1. The molecule has 2 aromatic rings. The zero-order valence-electron chi connectivity index (χ0n) is 11.4. The first-order valence-corrected chi connectivity index (χ1v) is 7.44. The van der Waals surface area contributed by atoms with Crippen LogP contribution in [0, 0.1) is 6.92 Å². The molecule has 0 unspecified atom stereocenters. The summed E-state index contributed by atoms with van der Waals surface area (Å²) in [5, 5.41) is 7.64. The maximum absolute atomic E-state index is 12.1. The average Bonchev–Trinajstić information content (AvgIpc) is 2.84. The second-order valence-corrected chi connectivity index (χ2v) is 5.81. The number of furan rings is 1. The molecule has 112 valence electrons. The highest BCUT2D eigenvalue weighted by molar-refractivity contribution is 7.89. The van der Waals surface area contributed by atoms with Gasteiger partial charge in [0.1, 0.15) is 11.5 Å². The second-order valence-electron chi connectivity index (χ2n) is 4.25. The summed E-state index contributed by atoms with van der Waals surface area (Å²) >= 11 is 0. The van der Waals surface area contributed by atoms with Crippen molar-refractivity contribution in [1.29, 1.82) is 0 Å². The molecular weight excluding hydrogens is 296 g/mol. The van der Waals surface area contributed by atoms with Gasteiger partial charge < -0.3 is 14.5 Å². The van der Waals surface area contributed by atoms with Crippen molar-refractivity contribution >= 4 is 21.6 Å². The highest BCUT2D eigenvalue weighted by atomic mass is 32.2. The summed E-state index contributed by atoms with van der Waals surface area (Å²) in [5.41, 5.74) is 0.549. The Morgan fingerprint density at radius 1 is 1.33 bits per heavy atom. The van der Waals surface area contributed by atoms with Gasteiger partial charge in [0.15, 0.2) is 0 Å². The number of hydrogen-bond acceptors (Lipinski definition) is 5. The number of aryl methyl sites for hydroxylation is 1. The van der Waals surface area contributed by atoms with Gasteiger partial charge >= 0.3 is 0 Å². The van der Waals surface area contributed by atoms with E-state index in [1.165, 1.54) is 37.6 Å². The van der Waals surface area contributed by atoms with E-state index in [0.29, 0.717) is 17.1 Å². The van der Waals surface area contributed by atoms with E-state index < -0.39 is 15.9 Å². The Morgan fingerprint density at radius 3 is 2.57 bits per heavy atom. The summed E-state index contributed by atoms with van der Waals surface area (Å²) in [6.45, 7) is 1.65. The van der Waals surface area contributed by atoms with Crippen molar-refractivity contribution in [3.63, 3.8) is 0 Å². The van der Waals surface area contributed by atoms with Crippen molar-refractivity contribution in [2.24, 2.45) is 5.14 Å². The van der Waals surface area contributed by atoms with Gasteiger partial charge in [0, 0.05) is 0 Å². The number of nitrogens with two attached hydrogens (primary N) is 1. The molecule has 3 N–H and O–H groups in total. The molecule has 0 fully saturated rings. The molecule has 1 aromatic carbocycles. The van der Waals surface area contributed by atoms with E-state index in [1.807, 2.05) is 0 Å². The van der Waals surface area contributed by atoms with Crippen LogP contribution in [0.15, 0.2) is 39.8 Å². The number of carbonyl (C=O) groups is 1. The molecule has 2 rings (SSSR count). The SMILES string of the molecule is COc1ccc(S(N)(=O)=O)cc1NC(=O)c1ccoc1C. The van der Waals surface area contributed by atoms with Crippen molar-refractivity contribution in [3.8, 4) is 5.75 Å². The van der Waals surface area contributed by atoms with Gasteiger partial charge in [-0.15, -0.1) is 0 Å². The zero-order valence-corrected chi connectivity index (χ0v) is 12.2. The van der Waals surface area contributed by atoms with E-state index in [-0.39, 0.29) is 10.6 Å². The molecule has 0 radical (unpaired) electrons. The summed E-state index contributed by atoms with van der Waals surface area (Å²) in [7, 11) is -2.47. The Hall–Kier alpha value is -2.32. The highest BCUT2D eigenvalue weighted by Crippen LogP contribution is 2.27. The summed E-state index contributed by atoms with van der Waals surface area (Å²) in [4.78, 5) is 12.0. The lowest BCUT2D eigenvalue weighted by molar-refractivity contribution is 0.102. The van der Waals surface area contributed by atoms with E-state index in [1.54, 1.807) is 6.92 Å². The lowest BCUT2D eigenvalue weighted by atomic mass is 10.2. The topological polar surface area (TPSA) is 112 Å². The molecule has 0 aliphatic rings. The second kappa shape index (κ2) is 5.58. The van der Waals surface area contributed by atoms with Crippen LogP contribution in [0.2, 0.25) is 0 Å². The fourth-order valence-corrected chi connectivity index (χ4v) is 2.31. The minimum atomic E-state index is -3.87. The van der Waals surface area contributed by atoms with E-state index in [9.17, 15) is 13.2 Å². The predicted octanol–water partition coefficient (Wildman–Crippen LogP) is 1.50. The van der Waals surface area contributed by atoms with Crippen LogP contribution in [-0.2, 0) is 10.0 Å². The van der Waals surface area contributed by atoms with E-state index in [0.717, 1.165) is 0 Å². The number of primary sulfonamides is 1. The number of hydrogen-bond donors (Lipinski definition) is 2. The van der Waals surface area contributed by atoms with Gasteiger partial charge in [-0.1, -0.05) is 0 Å². The number of carbonyl (C=O) groups excluding carboxylic acids is 1. The van der Waals surface area contributed by atoms with Crippen LogP contribution in [0.25, 0.3) is 0 Å². The van der Waals surface area contributed by atoms with Crippen LogP contribution in [0.4, 0.5) is 5.69 Å². The fourth-order valence-electron chi connectivity index (χ4n) is 1.77. The van der Waals surface area contributed by atoms with E-state index >= 15 is 0 Å². The third kappa shape index (κ3) is 3.23. The van der Waals surface area contributed by atoms with Crippen LogP contribution in [0.5, 0.6) is 5.75 Å². The van der Waals surface area contributed by atoms with Crippen molar-refractivity contribution in [2.75, 3.05) is 12.4 Å². The molecular formula is C13H14N2O5S. The normalized spacial score (nSPS) is 11.2. The number of sulfonamides is 1. The minimum absolute atomic E-state index is 0.123. The molecule has 7 nitrogen and oxygen atoms in total. The standard InChI is InChI=1S/C13H14N2O5S/c1-8-10(5-6-20-8)13(16)15-11-7-9(21(14,17)18)3-4-12(11)19-2/h3-7H,1-2H3,(H,15,16)(H2,14,17,18). The number of rotatable bonds is 4. The Labute approximate surface area is 121 Å².